The molecule has 0 bridgehead atoms. The van der Waals surface area contributed by atoms with Crippen LogP contribution in [0.15, 0.2) is 66.7 Å². The summed E-state index contributed by atoms with van der Waals surface area (Å²) >= 11 is 0. The quantitative estimate of drug-likeness (QED) is 0.156. The molecule has 2 aliphatic rings. The minimum Gasteiger partial charge on any atom is -0.496 e. The molecule has 5 N–H and O–H groups in total. The SMILES string of the molecule is COc1c(CN2O[C@@H](CN)[C@@H]([C@H](C)O)[C@H]2C(=O)N[C@H]2C[C@@H](C)C(C)(C)[C@@H](C)[C@@H]2C)cccc1-c1cc(C(=O)N[C@@H](Cc2ccccc2)CN(C)C)cc(N(C)C)c1. The Hall–Kier alpha value is -4.00. The molecule has 11 heteroatoms. The highest BCUT2D eigenvalue weighted by molar-refractivity contribution is 5.97. The molecule has 312 valence electrons. The van der Waals surface area contributed by atoms with E-state index >= 15 is 0 Å². The number of nitrogens with zero attached hydrogens (tertiary/aromatic N) is 3. The molecule has 1 aliphatic carbocycles. The predicted molar refractivity (Wildman–Crippen MR) is 229 cm³/mol. The maximum Gasteiger partial charge on any atom is 0.251 e. The molecular formula is C46H68N6O5. The molecular weight excluding hydrogens is 717 g/mol. The number of carbonyl (C=O) groups is 2. The minimum atomic E-state index is -0.837. The van der Waals surface area contributed by atoms with Crippen LogP contribution >= 0.6 is 0 Å². The fourth-order valence-corrected chi connectivity index (χ4v) is 9.02. The van der Waals surface area contributed by atoms with Gasteiger partial charge in [-0.2, -0.15) is 5.06 Å². The average molecular weight is 785 g/mol. The highest BCUT2D eigenvalue weighted by atomic mass is 16.7. The molecule has 1 aliphatic heterocycles. The van der Waals surface area contributed by atoms with Gasteiger partial charge in [0, 0.05) is 67.6 Å². The first-order valence-electron chi connectivity index (χ1n) is 20.6. The van der Waals surface area contributed by atoms with E-state index < -0.39 is 24.2 Å². The molecule has 57 heavy (non-hydrogen) atoms. The molecule has 1 saturated heterocycles. The number of benzene rings is 3. The lowest BCUT2D eigenvalue weighted by Crippen LogP contribution is -2.56. The zero-order chi connectivity index (χ0) is 41.8. The van der Waals surface area contributed by atoms with Crippen LogP contribution in [0.25, 0.3) is 11.1 Å². The van der Waals surface area contributed by atoms with Gasteiger partial charge in [0.1, 0.15) is 11.8 Å². The third kappa shape index (κ3) is 10.0. The van der Waals surface area contributed by atoms with Crippen molar-refractivity contribution in [3.63, 3.8) is 0 Å². The number of carbonyl (C=O) groups excluding carboxylic acids is 2. The Morgan fingerprint density at radius 1 is 1.04 bits per heavy atom. The summed E-state index contributed by atoms with van der Waals surface area (Å²) in [6, 6.07) is 21.1. The van der Waals surface area contributed by atoms with Crippen LogP contribution in [0.2, 0.25) is 0 Å². The van der Waals surface area contributed by atoms with Gasteiger partial charge in [-0.3, -0.25) is 14.4 Å². The smallest absolute Gasteiger partial charge is 0.251 e. The second-order valence-electron chi connectivity index (χ2n) is 17.7. The number of amides is 2. The van der Waals surface area contributed by atoms with Crippen molar-refractivity contribution in [2.24, 2.45) is 34.8 Å². The highest BCUT2D eigenvalue weighted by Gasteiger charge is 2.51. The van der Waals surface area contributed by atoms with E-state index in [1.165, 1.54) is 0 Å². The lowest BCUT2D eigenvalue weighted by Gasteiger charge is -2.50. The number of methoxy groups -OCH3 is 1. The van der Waals surface area contributed by atoms with Crippen molar-refractivity contribution in [1.82, 2.24) is 20.6 Å². The average Bonchev–Trinajstić information content (AvgIpc) is 3.54. The molecule has 0 radical (unpaired) electrons. The highest BCUT2D eigenvalue weighted by Crippen LogP contribution is 2.47. The summed E-state index contributed by atoms with van der Waals surface area (Å²) in [5.74, 6) is 0.845. The fourth-order valence-electron chi connectivity index (χ4n) is 9.02. The second kappa shape index (κ2) is 18.7. The van der Waals surface area contributed by atoms with Gasteiger partial charge in [-0.1, -0.05) is 83.1 Å². The zero-order valence-corrected chi connectivity index (χ0v) is 36.1. The van der Waals surface area contributed by atoms with Crippen molar-refractivity contribution >= 4 is 17.5 Å². The van der Waals surface area contributed by atoms with Gasteiger partial charge >= 0.3 is 0 Å². The summed E-state index contributed by atoms with van der Waals surface area (Å²) in [6.07, 6.45) is 0.195. The number of rotatable bonds is 15. The first-order chi connectivity index (χ1) is 27.0. The van der Waals surface area contributed by atoms with E-state index in [0.717, 1.165) is 34.4 Å². The van der Waals surface area contributed by atoms with Crippen molar-refractivity contribution < 1.29 is 24.3 Å². The first-order valence-corrected chi connectivity index (χ1v) is 20.6. The Morgan fingerprint density at radius 2 is 1.74 bits per heavy atom. The van der Waals surface area contributed by atoms with E-state index in [0.29, 0.717) is 36.1 Å². The van der Waals surface area contributed by atoms with Gasteiger partial charge in [-0.05, 0) is 86.4 Å². The van der Waals surface area contributed by atoms with Gasteiger partial charge in [-0.15, -0.1) is 0 Å². The molecule has 3 aromatic rings. The maximum absolute atomic E-state index is 14.4. The number of nitrogens with two attached hydrogens (primary N) is 1. The first kappa shape index (κ1) is 44.1. The molecule has 1 saturated carbocycles. The number of aliphatic hydroxyl groups excluding tert-OH is 1. The standard InChI is InChI=1S/C46H68N6O5/c1-28-20-39(29(2)30(3)46(28,5)6)49-45(55)42-41(31(4)53)40(25-47)57-52(42)26-33-18-15-19-38(43(33)56-11)34-22-35(24-37(23-34)51(9)10)44(54)48-36(27-50(7)8)21-32-16-13-12-14-17-32/h12-19,22-24,28-31,36,39-42,53H,20-21,25-27,47H2,1-11H3,(H,48,54)(H,49,55)/t28-,29+,30+,31+,36+,39+,40+,41-,42+/m1/s1. The number of nitrogens with one attached hydrogen (secondary N) is 2. The van der Waals surface area contributed by atoms with Gasteiger partial charge in [0.15, 0.2) is 0 Å². The van der Waals surface area contributed by atoms with Crippen LogP contribution in [0.4, 0.5) is 5.69 Å². The van der Waals surface area contributed by atoms with Crippen LogP contribution in [0.5, 0.6) is 5.75 Å². The van der Waals surface area contributed by atoms with Crippen molar-refractivity contribution in [2.45, 2.75) is 91.3 Å². The summed E-state index contributed by atoms with van der Waals surface area (Å²) < 4.78 is 6.14. The molecule has 11 nitrogen and oxygen atoms in total. The van der Waals surface area contributed by atoms with Crippen LogP contribution in [0, 0.1) is 29.1 Å². The summed E-state index contributed by atoms with van der Waals surface area (Å²) in [4.78, 5) is 39.0. The number of likely N-dealkylation sites (N-methyl/N-ethyl adjacent to an activating group) is 1. The predicted octanol–water partition coefficient (Wildman–Crippen LogP) is 5.59. The monoisotopic (exact) mass is 785 g/mol. The molecule has 5 rings (SSSR count). The number of para-hydroxylation sites is 1. The summed E-state index contributed by atoms with van der Waals surface area (Å²) in [5.41, 5.74) is 11.3. The number of anilines is 1. The van der Waals surface area contributed by atoms with E-state index in [-0.39, 0.29) is 48.3 Å². The topological polar surface area (TPSA) is 133 Å². The van der Waals surface area contributed by atoms with Crippen LogP contribution in [0.1, 0.15) is 69.4 Å². The van der Waals surface area contributed by atoms with Crippen LogP contribution in [0.3, 0.4) is 0 Å². The largest absolute Gasteiger partial charge is 0.496 e. The number of aliphatic hydroxyl groups is 1. The van der Waals surface area contributed by atoms with Gasteiger partial charge in [0.05, 0.1) is 25.9 Å². The minimum absolute atomic E-state index is 0.00585. The number of hydrogen-bond donors (Lipinski definition) is 4. The lowest BCUT2D eigenvalue weighted by molar-refractivity contribution is -0.174. The van der Waals surface area contributed by atoms with E-state index in [1.54, 1.807) is 19.1 Å². The van der Waals surface area contributed by atoms with Crippen molar-refractivity contribution in [2.75, 3.05) is 53.3 Å². The van der Waals surface area contributed by atoms with Crippen LogP contribution in [-0.4, -0.2) is 106 Å². The molecule has 2 amide bonds. The van der Waals surface area contributed by atoms with Crippen LogP contribution in [-0.2, 0) is 22.6 Å². The molecule has 0 unspecified atom stereocenters. The zero-order valence-electron chi connectivity index (χ0n) is 36.1. The summed E-state index contributed by atoms with van der Waals surface area (Å²) in [7, 11) is 9.56. The van der Waals surface area contributed by atoms with E-state index in [1.807, 2.05) is 87.7 Å². The summed E-state index contributed by atoms with van der Waals surface area (Å²) in [6.45, 7) is 14.2. The number of hydroxylamine groups is 2. The van der Waals surface area contributed by atoms with Crippen molar-refractivity contribution in [3.05, 3.63) is 83.4 Å². The Bertz CT molecular complexity index is 1820. The van der Waals surface area contributed by atoms with Gasteiger partial charge in [0.2, 0.25) is 5.91 Å². The fraction of sp³-hybridized carbons (Fsp3) is 0.565. The van der Waals surface area contributed by atoms with E-state index in [4.69, 9.17) is 15.3 Å². The van der Waals surface area contributed by atoms with Gasteiger partial charge in [-0.25, -0.2) is 0 Å². The lowest BCUT2D eigenvalue weighted by atomic mass is 9.58. The molecule has 0 aromatic heterocycles. The molecule has 9 atom stereocenters. The summed E-state index contributed by atoms with van der Waals surface area (Å²) in [5, 5.41) is 19.5. The Kier molecular flexibility index (Phi) is 14.5. The molecule has 1 heterocycles. The molecule has 0 spiro atoms. The third-order valence-corrected chi connectivity index (χ3v) is 13.1. The Labute approximate surface area is 341 Å². The van der Waals surface area contributed by atoms with Gasteiger partial charge in [0.25, 0.3) is 5.91 Å². The van der Waals surface area contributed by atoms with Crippen molar-refractivity contribution in [3.8, 4) is 16.9 Å². The van der Waals surface area contributed by atoms with Crippen molar-refractivity contribution in [1.29, 1.82) is 0 Å². The normalized spacial score (nSPS) is 25.8. The van der Waals surface area contributed by atoms with Gasteiger partial charge < -0.3 is 36.0 Å². The number of ether oxygens (including phenoxy) is 1. The third-order valence-electron chi connectivity index (χ3n) is 13.1. The Balaban J connectivity index is 1.46. The maximum atomic E-state index is 14.4. The molecule has 3 aromatic carbocycles. The van der Waals surface area contributed by atoms with E-state index in [2.05, 4.69) is 62.3 Å². The Morgan fingerprint density at radius 3 is 2.35 bits per heavy atom. The van der Waals surface area contributed by atoms with Crippen LogP contribution < -0.4 is 26.0 Å². The molecule has 2 fully saturated rings. The van der Waals surface area contributed by atoms with E-state index in [9.17, 15) is 14.7 Å². The second-order valence-corrected chi connectivity index (χ2v) is 17.7. The number of hydrogen-bond acceptors (Lipinski definition) is 9.